The van der Waals surface area contributed by atoms with Gasteiger partial charge in [-0.3, -0.25) is 4.79 Å². The Labute approximate surface area is 158 Å². The summed E-state index contributed by atoms with van der Waals surface area (Å²) in [5.41, 5.74) is 0.562. The standard InChI is InChI=1S/C19H22F2N2O3S/c1-4-23(5-2)27(25,26)16-8-6-7-15(11-16)19(24)22-13(3)14-9-10-17(20)18(21)12-14/h6-13H,4-5H2,1-3H3,(H,22,24). The van der Waals surface area contributed by atoms with E-state index in [2.05, 4.69) is 5.32 Å². The number of hydrogen-bond acceptors (Lipinski definition) is 3. The number of halogens is 2. The van der Waals surface area contributed by atoms with Gasteiger partial charge in [-0.05, 0) is 42.8 Å². The fourth-order valence-corrected chi connectivity index (χ4v) is 4.16. The number of hydrogen-bond donors (Lipinski definition) is 1. The molecule has 0 aliphatic carbocycles. The molecule has 0 aliphatic rings. The zero-order valence-electron chi connectivity index (χ0n) is 15.4. The van der Waals surface area contributed by atoms with Crippen molar-refractivity contribution in [1.29, 1.82) is 0 Å². The molecule has 5 nitrogen and oxygen atoms in total. The molecule has 0 aliphatic heterocycles. The van der Waals surface area contributed by atoms with Crippen LogP contribution in [0.15, 0.2) is 47.4 Å². The lowest BCUT2D eigenvalue weighted by molar-refractivity contribution is 0.0939. The van der Waals surface area contributed by atoms with Gasteiger partial charge in [0.2, 0.25) is 10.0 Å². The van der Waals surface area contributed by atoms with Crippen molar-refractivity contribution in [1.82, 2.24) is 9.62 Å². The molecule has 0 aromatic heterocycles. The van der Waals surface area contributed by atoms with E-state index >= 15 is 0 Å². The van der Waals surface area contributed by atoms with Crippen LogP contribution in [0.4, 0.5) is 8.78 Å². The Bertz CT molecular complexity index is 928. The first-order valence-electron chi connectivity index (χ1n) is 8.56. The summed E-state index contributed by atoms with van der Waals surface area (Å²) in [6.45, 7) is 5.74. The van der Waals surface area contributed by atoms with Crippen molar-refractivity contribution in [3.8, 4) is 0 Å². The van der Waals surface area contributed by atoms with Crippen LogP contribution in [0.1, 0.15) is 42.7 Å². The molecule has 8 heteroatoms. The van der Waals surface area contributed by atoms with Gasteiger partial charge in [-0.25, -0.2) is 17.2 Å². The number of sulfonamides is 1. The smallest absolute Gasteiger partial charge is 0.251 e. The fraction of sp³-hybridized carbons (Fsp3) is 0.316. The monoisotopic (exact) mass is 396 g/mol. The molecule has 2 aromatic rings. The first-order valence-corrected chi connectivity index (χ1v) is 10.0. The second kappa shape index (κ2) is 8.58. The van der Waals surface area contributed by atoms with Gasteiger partial charge in [0.25, 0.3) is 5.91 Å². The van der Waals surface area contributed by atoms with Crippen LogP contribution >= 0.6 is 0 Å². The second-order valence-corrected chi connectivity index (χ2v) is 7.92. The highest BCUT2D eigenvalue weighted by Gasteiger charge is 2.23. The number of nitrogens with one attached hydrogen (secondary N) is 1. The minimum absolute atomic E-state index is 0.0272. The van der Waals surface area contributed by atoms with Gasteiger partial charge in [-0.1, -0.05) is 26.0 Å². The summed E-state index contributed by atoms with van der Waals surface area (Å²) in [5.74, 6) is -2.48. The first kappa shape index (κ1) is 21.0. The van der Waals surface area contributed by atoms with Gasteiger partial charge in [0, 0.05) is 18.7 Å². The van der Waals surface area contributed by atoms with Crippen molar-refractivity contribution in [3.63, 3.8) is 0 Å². The molecule has 2 rings (SSSR count). The molecular weight excluding hydrogens is 374 g/mol. The Hall–Kier alpha value is -2.32. The van der Waals surface area contributed by atoms with E-state index in [4.69, 9.17) is 0 Å². The molecule has 0 fully saturated rings. The van der Waals surface area contributed by atoms with Crippen LogP contribution in [0, 0.1) is 11.6 Å². The van der Waals surface area contributed by atoms with Crippen molar-refractivity contribution < 1.29 is 22.0 Å². The number of carbonyl (C=O) groups excluding carboxylic acids is 1. The maximum Gasteiger partial charge on any atom is 0.251 e. The third kappa shape index (κ3) is 4.70. The largest absolute Gasteiger partial charge is 0.346 e. The number of carbonyl (C=O) groups is 1. The molecule has 0 heterocycles. The highest BCUT2D eigenvalue weighted by Crippen LogP contribution is 2.19. The molecule has 0 bridgehead atoms. The van der Waals surface area contributed by atoms with Gasteiger partial charge >= 0.3 is 0 Å². The lowest BCUT2D eigenvalue weighted by Gasteiger charge is -2.19. The first-order chi connectivity index (χ1) is 12.7. The van der Waals surface area contributed by atoms with E-state index in [0.717, 1.165) is 12.1 Å². The summed E-state index contributed by atoms with van der Waals surface area (Å²) in [6.07, 6.45) is 0. The quantitative estimate of drug-likeness (QED) is 0.779. The van der Waals surface area contributed by atoms with Crippen LogP contribution in [-0.4, -0.2) is 31.7 Å². The average molecular weight is 396 g/mol. The summed E-state index contributed by atoms with van der Waals surface area (Å²) in [5, 5.41) is 2.66. The Morgan fingerprint density at radius 2 is 1.74 bits per heavy atom. The van der Waals surface area contributed by atoms with Crippen LogP contribution in [-0.2, 0) is 10.0 Å². The van der Waals surface area contributed by atoms with E-state index in [9.17, 15) is 22.0 Å². The zero-order valence-corrected chi connectivity index (χ0v) is 16.2. The Balaban J connectivity index is 2.23. The predicted molar refractivity (Wildman–Crippen MR) is 98.8 cm³/mol. The zero-order chi connectivity index (χ0) is 20.2. The normalized spacial score (nSPS) is 12.8. The van der Waals surface area contributed by atoms with E-state index in [-0.39, 0.29) is 10.5 Å². The number of benzene rings is 2. The lowest BCUT2D eigenvalue weighted by Crippen LogP contribution is -2.31. The second-order valence-electron chi connectivity index (χ2n) is 5.99. The van der Waals surface area contributed by atoms with E-state index in [1.165, 1.54) is 34.6 Å². The number of amides is 1. The van der Waals surface area contributed by atoms with Crippen molar-refractivity contribution in [2.75, 3.05) is 13.1 Å². The molecule has 1 atom stereocenters. The third-order valence-electron chi connectivity index (χ3n) is 4.23. The van der Waals surface area contributed by atoms with Crippen LogP contribution in [0.25, 0.3) is 0 Å². The third-order valence-corrected chi connectivity index (χ3v) is 6.28. The maximum atomic E-state index is 13.4. The molecule has 1 unspecified atom stereocenters. The highest BCUT2D eigenvalue weighted by molar-refractivity contribution is 7.89. The van der Waals surface area contributed by atoms with E-state index in [0.29, 0.717) is 18.7 Å². The minimum atomic E-state index is -3.69. The summed E-state index contributed by atoms with van der Waals surface area (Å²) in [4.78, 5) is 12.5. The average Bonchev–Trinajstić information content (AvgIpc) is 2.64. The SMILES string of the molecule is CCN(CC)S(=O)(=O)c1cccc(C(=O)NC(C)c2ccc(F)c(F)c2)c1. The van der Waals surface area contributed by atoms with Crippen LogP contribution < -0.4 is 5.32 Å². The Kier molecular flexibility index (Phi) is 6.67. The fourth-order valence-electron chi connectivity index (χ4n) is 2.66. The molecule has 2 aromatic carbocycles. The molecule has 27 heavy (non-hydrogen) atoms. The minimum Gasteiger partial charge on any atom is -0.346 e. The van der Waals surface area contributed by atoms with Crippen LogP contribution in [0.5, 0.6) is 0 Å². The molecule has 146 valence electrons. The summed E-state index contributed by atoms with van der Waals surface area (Å²) >= 11 is 0. The molecule has 0 spiro atoms. The van der Waals surface area contributed by atoms with E-state index in [1.54, 1.807) is 20.8 Å². The molecule has 0 radical (unpaired) electrons. The van der Waals surface area contributed by atoms with Crippen molar-refractivity contribution in [3.05, 3.63) is 65.2 Å². The maximum absolute atomic E-state index is 13.4. The van der Waals surface area contributed by atoms with Crippen LogP contribution in [0.3, 0.4) is 0 Å². The Morgan fingerprint density at radius 1 is 1.07 bits per heavy atom. The van der Waals surface area contributed by atoms with Gasteiger partial charge in [0.15, 0.2) is 11.6 Å². The van der Waals surface area contributed by atoms with Gasteiger partial charge in [-0.2, -0.15) is 4.31 Å². The number of nitrogens with zero attached hydrogens (tertiary/aromatic N) is 1. The van der Waals surface area contributed by atoms with E-state index < -0.39 is 33.6 Å². The van der Waals surface area contributed by atoms with Gasteiger partial charge in [0.05, 0.1) is 10.9 Å². The molecule has 0 saturated heterocycles. The topological polar surface area (TPSA) is 66.5 Å². The van der Waals surface area contributed by atoms with Gasteiger partial charge in [0.1, 0.15) is 0 Å². The summed E-state index contributed by atoms with van der Waals surface area (Å²) in [6, 6.07) is 8.53. The molecule has 1 amide bonds. The summed E-state index contributed by atoms with van der Waals surface area (Å²) < 4.78 is 52.9. The molecular formula is C19H22F2N2O3S. The predicted octanol–water partition coefficient (Wildman–Crippen LogP) is 3.49. The van der Waals surface area contributed by atoms with Gasteiger partial charge < -0.3 is 5.32 Å². The van der Waals surface area contributed by atoms with Crippen LogP contribution in [0.2, 0.25) is 0 Å². The van der Waals surface area contributed by atoms with Crippen molar-refractivity contribution >= 4 is 15.9 Å². The number of rotatable bonds is 7. The van der Waals surface area contributed by atoms with Crippen molar-refractivity contribution in [2.24, 2.45) is 0 Å². The Morgan fingerprint density at radius 3 is 2.33 bits per heavy atom. The molecule has 1 N–H and O–H groups in total. The molecule has 0 saturated carbocycles. The van der Waals surface area contributed by atoms with E-state index in [1.807, 2.05) is 0 Å². The lowest BCUT2D eigenvalue weighted by atomic mass is 10.1. The highest BCUT2D eigenvalue weighted by atomic mass is 32.2. The van der Waals surface area contributed by atoms with Crippen molar-refractivity contribution in [2.45, 2.75) is 31.7 Å². The summed E-state index contributed by atoms with van der Waals surface area (Å²) in [7, 11) is -3.69. The van der Waals surface area contributed by atoms with Gasteiger partial charge in [-0.15, -0.1) is 0 Å².